The lowest BCUT2D eigenvalue weighted by Gasteiger charge is -2.08. The monoisotopic (exact) mass is 111 g/mol. The van der Waals surface area contributed by atoms with Gasteiger partial charge in [0.2, 0.25) is 0 Å². The van der Waals surface area contributed by atoms with Crippen molar-refractivity contribution in [2.24, 2.45) is 10.9 Å². The van der Waals surface area contributed by atoms with E-state index in [-0.39, 0.29) is 0 Å². The molecule has 8 heavy (non-hydrogen) atoms. The van der Waals surface area contributed by atoms with Crippen LogP contribution in [0.25, 0.3) is 0 Å². The highest BCUT2D eigenvalue weighted by Gasteiger charge is 2.13. The molecule has 0 saturated carbocycles. The van der Waals surface area contributed by atoms with Gasteiger partial charge in [0.05, 0.1) is 6.04 Å². The van der Waals surface area contributed by atoms with Crippen LogP contribution in [0.5, 0.6) is 0 Å². The summed E-state index contributed by atoms with van der Waals surface area (Å²) in [6.45, 7) is 4.46. The first kappa shape index (κ1) is 5.80. The SMILES string of the molecule is CC(C)C1CCC=N1. The molecule has 1 aliphatic rings. The van der Waals surface area contributed by atoms with Crippen LogP contribution in [0, 0.1) is 5.92 Å². The fraction of sp³-hybridized carbons (Fsp3) is 0.857. The Hall–Kier alpha value is -0.330. The number of aliphatic imine (C=N–C) groups is 1. The molecule has 0 aliphatic carbocycles. The molecule has 1 nitrogen and oxygen atoms in total. The first-order chi connectivity index (χ1) is 3.80. The van der Waals surface area contributed by atoms with Gasteiger partial charge in [0.1, 0.15) is 0 Å². The summed E-state index contributed by atoms with van der Waals surface area (Å²) < 4.78 is 0. The zero-order chi connectivity index (χ0) is 5.98. The molecule has 0 spiro atoms. The second-order valence-electron chi connectivity index (χ2n) is 2.72. The Morgan fingerprint density at radius 2 is 2.38 bits per heavy atom. The molecule has 1 unspecified atom stereocenters. The van der Waals surface area contributed by atoms with Gasteiger partial charge in [-0.15, -0.1) is 0 Å². The third-order valence-corrected chi connectivity index (χ3v) is 1.66. The van der Waals surface area contributed by atoms with E-state index in [1.165, 1.54) is 12.8 Å². The Morgan fingerprint density at radius 3 is 2.62 bits per heavy atom. The van der Waals surface area contributed by atoms with Crippen LogP contribution in [0.4, 0.5) is 0 Å². The normalized spacial score (nSPS) is 27.6. The minimum atomic E-state index is 0.634. The van der Waals surface area contributed by atoms with Crippen LogP contribution in [0.2, 0.25) is 0 Å². The van der Waals surface area contributed by atoms with Gasteiger partial charge in [0.25, 0.3) is 0 Å². The molecule has 0 aromatic heterocycles. The average molecular weight is 111 g/mol. The van der Waals surface area contributed by atoms with Crippen molar-refractivity contribution in [2.75, 3.05) is 0 Å². The highest BCUT2D eigenvalue weighted by atomic mass is 14.8. The van der Waals surface area contributed by atoms with Gasteiger partial charge >= 0.3 is 0 Å². The van der Waals surface area contributed by atoms with Crippen molar-refractivity contribution in [3.63, 3.8) is 0 Å². The molecule has 0 aromatic rings. The fourth-order valence-corrected chi connectivity index (χ4v) is 1.04. The Bertz CT molecular complexity index is 94.6. The summed E-state index contributed by atoms with van der Waals surface area (Å²) in [5.74, 6) is 0.744. The van der Waals surface area contributed by atoms with Crippen molar-refractivity contribution >= 4 is 6.21 Å². The molecule has 0 N–H and O–H groups in total. The van der Waals surface area contributed by atoms with Crippen LogP contribution in [0.1, 0.15) is 26.7 Å². The van der Waals surface area contributed by atoms with Gasteiger partial charge in [-0.3, -0.25) is 4.99 Å². The van der Waals surface area contributed by atoms with Gasteiger partial charge in [0.15, 0.2) is 0 Å². The minimum Gasteiger partial charge on any atom is -0.294 e. The van der Waals surface area contributed by atoms with E-state index in [2.05, 4.69) is 18.8 Å². The predicted molar refractivity (Wildman–Crippen MR) is 36.4 cm³/mol. The Kier molecular flexibility index (Phi) is 1.66. The van der Waals surface area contributed by atoms with E-state index >= 15 is 0 Å². The number of hydrogen-bond donors (Lipinski definition) is 0. The molecule has 46 valence electrons. The quantitative estimate of drug-likeness (QED) is 0.490. The molecule has 1 rings (SSSR count). The van der Waals surface area contributed by atoms with E-state index in [4.69, 9.17) is 0 Å². The maximum Gasteiger partial charge on any atom is 0.0522 e. The van der Waals surface area contributed by atoms with E-state index in [9.17, 15) is 0 Å². The number of rotatable bonds is 1. The lowest BCUT2D eigenvalue weighted by atomic mass is 10.0. The predicted octanol–water partition coefficient (Wildman–Crippen LogP) is 1.88. The van der Waals surface area contributed by atoms with Crippen molar-refractivity contribution in [1.82, 2.24) is 0 Å². The van der Waals surface area contributed by atoms with Gasteiger partial charge in [-0.1, -0.05) is 13.8 Å². The van der Waals surface area contributed by atoms with Crippen LogP contribution in [-0.2, 0) is 0 Å². The highest BCUT2D eigenvalue weighted by molar-refractivity contribution is 5.59. The zero-order valence-electron chi connectivity index (χ0n) is 5.59. The lowest BCUT2D eigenvalue weighted by Crippen LogP contribution is -2.07. The van der Waals surface area contributed by atoms with Gasteiger partial charge < -0.3 is 0 Å². The molecule has 1 atom stereocenters. The maximum atomic E-state index is 4.31. The summed E-state index contributed by atoms with van der Waals surface area (Å²) in [6.07, 6.45) is 4.52. The van der Waals surface area contributed by atoms with Crippen molar-refractivity contribution < 1.29 is 0 Å². The molecular weight excluding hydrogens is 98.1 g/mol. The molecule has 1 aliphatic heterocycles. The second kappa shape index (κ2) is 2.29. The largest absolute Gasteiger partial charge is 0.294 e. The summed E-state index contributed by atoms with van der Waals surface area (Å²) in [6, 6.07) is 0.634. The van der Waals surface area contributed by atoms with Crippen LogP contribution < -0.4 is 0 Å². The molecule has 0 fully saturated rings. The van der Waals surface area contributed by atoms with Crippen molar-refractivity contribution in [2.45, 2.75) is 32.7 Å². The van der Waals surface area contributed by atoms with E-state index in [0.717, 1.165) is 5.92 Å². The van der Waals surface area contributed by atoms with E-state index < -0.39 is 0 Å². The molecule has 0 radical (unpaired) electrons. The third-order valence-electron chi connectivity index (χ3n) is 1.66. The van der Waals surface area contributed by atoms with Crippen LogP contribution in [0.3, 0.4) is 0 Å². The van der Waals surface area contributed by atoms with Crippen molar-refractivity contribution in [1.29, 1.82) is 0 Å². The summed E-state index contributed by atoms with van der Waals surface area (Å²) in [5.41, 5.74) is 0. The molecule has 0 aromatic carbocycles. The molecule has 0 saturated heterocycles. The third kappa shape index (κ3) is 1.09. The first-order valence-corrected chi connectivity index (χ1v) is 3.32. The van der Waals surface area contributed by atoms with Crippen LogP contribution >= 0.6 is 0 Å². The molecular formula is C7H13N. The Morgan fingerprint density at radius 1 is 1.62 bits per heavy atom. The Labute approximate surface area is 50.8 Å². The fourth-order valence-electron chi connectivity index (χ4n) is 1.04. The van der Waals surface area contributed by atoms with Gasteiger partial charge in [0, 0.05) is 0 Å². The topological polar surface area (TPSA) is 12.4 Å². The molecule has 1 heteroatoms. The van der Waals surface area contributed by atoms with E-state index in [1.54, 1.807) is 0 Å². The highest BCUT2D eigenvalue weighted by Crippen LogP contribution is 2.15. The van der Waals surface area contributed by atoms with Crippen molar-refractivity contribution in [3.05, 3.63) is 0 Å². The number of hydrogen-bond acceptors (Lipinski definition) is 1. The van der Waals surface area contributed by atoms with Crippen LogP contribution in [0.15, 0.2) is 4.99 Å². The smallest absolute Gasteiger partial charge is 0.0522 e. The van der Waals surface area contributed by atoms with E-state index in [1.807, 2.05) is 6.21 Å². The molecule has 0 bridgehead atoms. The van der Waals surface area contributed by atoms with Crippen molar-refractivity contribution in [3.8, 4) is 0 Å². The second-order valence-corrected chi connectivity index (χ2v) is 2.72. The van der Waals surface area contributed by atoms with Gasteiger partial charge in [-0.25, -0.2) is 0 Å². The average Bonchev–Trinajstić information content (AvgIpc) is 2.12. The Balaban J connectivity index is 2.36. The minimum absolute atomic E-state index is 0.634. The van der Waals surface area contributed by atoms with E-state index in [0.29, 0.717) is 6.04 Å². The summed E-state index contributed by atoms with van der Waals surface area (Å²) in [5, 5.41) is 0. The maximum absolute atomic E-state index is 4.31. The summed E-state index contributed by atoms with van der Waals surface area (Å²) >= 11 is 0. The van der Waals surface area contributed by atoms with Crippen LogP contribution in [-0.4, -0.2) is 12.3 Å². The van der Waals surface area contributed by atoms with Gasteiger partial charge in [-0.2, -0.15) is 0 Å². The first-order valence-electron chi connectivity index (χ1n) is 3.32. The number of nitrogens with zero attached hydrogens (tertiary/aromatic N) is 1. The lowest BCUT2D eigenvalue weighted by molar-refractivity contribution is 0.494. The zero-order valence-corrected chi connectivity index (χ0v) is 5.59. The standard InChI is InChI=1S/C7H13N/c1-6(2)7-4-3-5-8-7/h5-7H,3-4H2,1-2H3. The van der Waals surface area contributed by atoms with Gasteiger partial charge in [-0.05, 0) is 25.0 Å². The molecule has 0 amide bonds. The summed E-state index contributed by atoms with van der Waals surface area (Å²) in [4.78, 5) is 4.31. The molecule has 1 heterocycles. The summed E-state index contributed by atoms with van der Waals surface area (Å²) in [7, 11) is 0.